The number of amides is 1. The number of aromatic nitrogens is 1. The molecule has 1 aliphatic heterocycles. The van der Waals surface area contributed by atoms with Gasteiger partial charge in [0.2, 0.25) is 0 Å². The molecule has 1 fully saturated rings. The Morgan fingerprint density at radius 2 is 2.10 bits per heavy atom. The largest absolute Gasteiger partial charge is 0.384 e. The first-order valence-electron chi connectivity index (χ1n) is 7.88. The Bertz CT molecular complexity index is 483. The number of piperidine rings is 1. The number of hydrogen-bond acceptors (Lipinski definition) is 4. The second-order valence-electron chi connectivity index (χ2n) is 5.86. The van der Waals surface area contributed by atoms with Crippen molar-refractivity contribution >= 4 is 11.7 Å². The minimum Gasteiger partial charge on any atom is -0.384 e. The predicted octanol–water partition coefficient (Wildman–Crippen LogP) is 1.83. The van der Waals surface area contributed by atoms with Gasteiger partial charge in [-0.3, -0.25) is 4.79 Å². The molecule has 1 aromatic heterocycles. The van der Waals surface area contributed by atoms with E-state index >= 15 is 0 Å². The lowest BCUT2D eigenvalue weighted by Gasteiger charge is -2.29. The monoisotopic (exact) mass is 290 g/mol. The maximum Gasteiger partial charge on any atom is 0.251 e. The molecule has 2 heterocycles. The number of rotatable bonds is 5. The maximum absolute atomic E-state index is 12.3. The van der Waals surface area contributed by atoms with Gasteiger partial charge in [0, 0.05) is 23.8 Å². The predicted molar refractivity (Wildman–Crippen MR) is 85.2 cm³/mol. The summed E-state index contributed by atoms with van der Waals surface area (Å²) in [6.45, 7) is 7.25. The zero-order chi connectivity index (χ0) is 15.2. The van der Waals surface area contributed by atoms with Crippen LogP contribution in [0.25, 0.3) is 0 Å². The quantitative estimate of drug-likeness (QED) is 0.868. The highest BCUT2D eigenvalue weighted by Gasteiger charge is 2.16. The third kappa shape index (κ3) is 4.70. The summed E-state index contributed by atoms with van der Waals surface area (Å²) in [6.07, 6.45) is 4.63. The van der Waals surface area contributed by atoms with E-state index in [2.05, 4.69) is 22.1 Å². The number of nitrogens with zero attached hydrogens (tertiary/aromatic N) is 2. The molecular formula is C16H26N4O. The molecule has 0 saturated carbocycles. The van der Waals surface area contributed by atoms with Crippen LogP contribution in [0.15, 0.2) is 12.1 Å². The van der Waals surface area contributed by atoms with Gasteiger partial charge in [-0.25, -0.2) is 4.98 Å². The number of nitrogen functional groups attached to an aromatic ring is 1. The van der Waals surface area contributed by atoms with Crippen molar-refractivity contribution in [2.75, 3.05) is 25.4 Å². The Kier molecular flexibility index (Phi) is 5.56. The van der Waals surface area contributed by atoms with Gasteiger partial charge in [0.1, 0.15) is 5.82 Å². The molecule has 1 aliphatic rings. The molecule has 0 radical (unpaired) electrons. The third-order valence-electron chi connectivity index (χ3n) is 3.88. The molecule has 0 aromatic carbocycles. The van der Waals surface area contributed by atoms with Gasteiger partial charge in [0.25, 0.3) is 5.91 Å². The number of likely N-dealkylation sites (tertiary alicyclic amines) is 1. The van der Waals surface area contributed by atoms with Crippen LogP contribution in [0.1, 0.15) is 49.2 Å². The Morgan fingerprint density at radius 3 is 2.76 bits per heavy atom. The number of nitrogens with one attached hydrogen (secondary N) is 1. The van der Waals surface area contributed by atoms with Crippen molar-refractivity contribution in [2.45, 2.75) is 45.6 Å². The van der Waals surface area contributed by atoms with E-state index in [4.69, 9.17) is 5.73 Å². The highest BCUT2D eigenvalue weighted by atomic mass is 16.1. The molecule has 1 unspecified atom stereocenters. The topological polar surface area (TPSA) is 71.2 Å². The second kappa shape index (κ2) is 7.41. The van der Waals surface area contributed by atoms with Crippen LogP contribution in [0, 0.1) is 0 Å². The Morgan fingerprint density at radius 1 is 1.38 bits per heavy atom. The molecular weight excluding hydrogens is 264 g/mol. The molecule has 5 nitrogen and oxygen atoms in total. The van der Waals surface area contributed by atoms with Crippen LogP contribution in [0.5, 0.6) is 0 Å². The molecule has 1 atom stereocenters. The average molecular weight is 290 g/mol. The standard InChI is InChI=1S/C16H26N4O/c1-3-14-9-13(10-15(17)19-14)16(21)18-12(2)11-20-7-5-4-6-8-20/h9-10,12H,3-8,11H2,1-2H3,(H2,17,19)(H,18,21). The van der Waals surface area contributed by atoms with Gasteiger partial charge in [-0.1, -0.05) is 13.3 Å². The van der Waals surface area contributed by atoms with Crippen molar-refractivity contribution in [3.8, 4) is 0 Å². The summed E-state index contributed by atoms with van der Waals surface area (Å²) in [4.78, 5) is 18.9. The van der Waals surface area contributed by atoms with Crippen molar-refractivity contribution in [2.24, 2.45) is 0 Å². The van der Waals surface area contributed by atoms with Crippen LogP contribution in [0.2, 0.25) is 0 Å². The van der Waals surface area contributed by atoms with Gasteiger partial charge >= 0.3 is 0 Å². The molecule has 0 spiro atoms. The molecule has 1 amide bonds. The molecule has 2 rings (SSSR count). The van der Waals surface area contributed by atoms with Crippen molar-refractivity contribution in [3.05, 3.63) is 23.4 Å². The highest BCUT2D eigenvalue weighted by Crippen LogP contribution is 2.11. The van der Waals surface area contributed by atoms with Crippen LogP contribution in [-0.4, -0.2) is 41.5 Å². The number of nitrogens with two attached hydrogens (primary N) is 1. The van der Waals surface area contributed by atoms with Crippen LogP contribution >= 0.6 is 0 Å². The Balaban J connectivity index is 1.92. The fourth-order valence-corrected chi connectivity index (χ4v) is 2.81. The Hall–Kier alpha value is -1.62. The van der Waals surface area contributed by atoms with Crippen LogP contribution in [0.3, 0.4) is 0 Å². The third-order valence-corrected chi connectivity index (χ3v) is 3.88. The van der Waals surface area contributed by atoms with Gasteiger partial charge in [-0.2, -0.15) is 0 Å². The van der Waals surface area contributed by atoms with E-state index in [1.807, 2.05) is 13.0 Å². The van der Waals surface area contributed by atoms with Crippen molar-refractivity contribution < 1.29 is 4.79 Å². The zero-order valence-corrected chi connectivity index (χ0v) is 13.1. The summed E-state index contributed by atoms with van der Waals surface area (Å²) in [5.74, 6) is 0.339. The SMILES string of the molecule is CCc1cc(C(=O)NC(C)CN2CCCCC2)cc(N)n1. The smallest absolute Gasteiger partial charge is 0.251 e. The molecule has 1 saturated heterocycles. The fourth-order valence-electron chi connectivity index (χ4n) is 2.81. The summed E-state index contributed by atoms with van der Waals surface area (Å²) in [5.41, 5.74) is 7.21. The first-order chi connectivity index (χ1) is 10.1. The molecule has 3 N–H and O–H groups in total. The van der Waals surface area contributed by atoms with E-state index in [1.54, 1.807) is 6.07 Å². The second-order valence-corrected chi connectivity index (χ2v) is 5.86. The minimum atomic E-state index is -0.0664. The first-order valence-corrected chi connectivity index (χ1v) is 7.88. The van der Waals surface area contributed by atoms with E-state index in [0.29, 0.717) is 11.4 Å². The molecule has 21 heavy (non-hydrogen) atoms. The number of pyridine rings is 1. The minimum absolute atomic E-state index is 0.0664. The number of anilines is 1. The molecule has 5 heteroatoms. The summed E-state index contributed by atoms with van der Waals surface area (Å²) >= 11 is 0. The summed E-state index contributed by atoms with van der Waals surface area (Å²) < 4.78 is 0. The van der Waals surface area contributed by atoms with Gasteiger partial charge in [0.15, 0.2) is 0 Å². The highest BCUT2D eigenvalue weighted by molar-refractivity contribution is 5.95. The van der Waals surface area contributed by atoms with E-state index in [0.717, 1.165) is 31.7 Å². The molecule has 116 valence electrons. The van der Waals surface area contributed by atoms with E-state index in [1.165, 1.54) is 19.3 Å². The van der Waals surface area contributed by atoms with Crippen LogP contribution in [-0.2, 0) is 6.42 Å². The van der Waals surface area contributed by atoms with Crippen molar-refractivity contribution in [1.82, 2.24) is 15.2 Å². The van der Waals surface area contributed by atoms with E-state index in [9.17, 15) is 4.79 Å². The number of hydrogen-bond donors (Lipinski definition) is 2. The number of carbonyl (C=O) groups excluding carboxylic acids is 1. The number of aryl methyl sites for hydroxylation is 1. The fraction of sp³-hybridized carbons (Fsp3) is 0.625. The van der Waals surface area contributed by atoms with Crippen LogP contribution in [0.4, 0.5) is 5.82 Å². The summed E-state index contributed by atoms with van der Waals surface area (Å²) in [5, 5.41) is 3.06. The number of carbonyl (C=O) groups is 1. The first kappa shape index (κ1) is 15.8. The van der Waals surface area contributed by atoms with Crippen molar-refractivity contribution in [3.63, 3.8) is 0 Å². The molecule has 0 aliphatic carbocycles. The van der Waals surface area contributed by atoms with Gasteiger partial charge in [-0.15, -0.1) is 0 Å². The summed E-state index contributed by atoms with van der Waals surface area (Å²) in [7, 11) is 0. The Labute approximate surface area is 126 Å². The van der Waals surface area contributed by atoms with Crippen LogP contribution < -0.4 is 11.1 Å². The molecule has 1 aromatic rings. The van der Waals surface area contributed by atoms with Gasteiger partial charge in [-0.05, 0) is 51.4 Å². The lowest BCUT2D eigenvalue weighted by Crippen LogP contribution is -2.43. The van der Waals surface area contributed by atoms with E-state index < -0.39 is 0 Å². The average Bonchev–Trinajstić information content (AvgIpc) is 2.47. The zero-order valence-electron chi connectivity index (χ0n) is 13.1. The van der Waals surface area contributed by atoms with Gasteiger partial charge < -0.3 is 16.0 Å². The normalized spacial score (nSPS) is 17.4. The van der Waals surface area contributed by atoms with Gasteiger partial charge in [0.05, 0.1) is 0 Å². The maximum atomic E-state index is 12.3. The lowest BCUT2D eigenvalue weighted by atomic mass is 10.1. The van der Waals surface area contributed by atoms with Crippen molar-refractivity contribution in [1.29, 1.82) is 0 Å². The van der Waals surface area contributed by atoms with E-state index in [-0.39, 0.29) is 11.9 Å². The molecule has 0 bridgehead atoms. The summed E-state index contributed by atoms with van der Waals surface area (Å²) in [6, 6.07) is 3.59. The lowest BCUT2D eigenvalue weighted by molar-refractivity contribution is 0.0925.